The van der Waals surface area contributed by atoms with E-state index >= 15 is 0 Å². The maximum Gasteiger partial charge on any atom is 0.0844 e. The second-order valence-electron chi connectivity index (χ2n) is 4.11. The number of hydrogen-bond acceptors (Lipinski definition) is 2. The lowest BCUT2D eigenvalue weighted by atomic mass is 10.1. The highest BCUT2D eigenvalue weighted by Gasteiger charge is 2.09. The van der Waals surface area contributed by atoms with Crippen LogP contribution in [0.2, 0.25) is 5.02 Å². The van der Waals surface area contributed by atoms with Gasteiger partial charge in [0.15, 0.2) is 0 Å². The Morgan fingerprint density at radius 1 is 1.40 bits per heavy atom. The van der Waals surface area contributed by atoms with E-state index in [0.717, 1.165) is 41.5 Å². The van der Waals surface area contributed by atoms with E-state index in [-0.39, 0.29) is 0 Å². The van der Waals surface area contributed by atoms with E-state index in [1.807, 2.05) is 18.5 Å². The molecule has 1 unspecified atom stereocenters. The van der Waals surface area contributed by atoms with Crippen molar-refractivity contribution in [1.82, 2.24) is 9.78 Å². The summed E-state index contributed by atoms with van der Waals surface area (Å²) >= 11 is 10.3. The molecule has 4 heteroatoms. The highest BCUT2D eigenvalue weighted by molar-refractivity contribution is 7.80. The lowest BCUT2D eigenvalue weighted by Gasteiger charge is -2.10. The van der Waals surface area contributed by atoms with Gasteiger partial charge in [-0.1, -0.05) is 18.5 Å². The molecule has 0 aliphatic carbocycles. The molecule has 1 atom stereocenters. The van der Waals surface area contributed by atoms with Crippen LogP contribution in [0.5, 0.6) is 0 Å². The van der Waals surface area contributed by atoms with Gasteiger partial charge in [0.25, 0.3) is 0 Å². The van der Waals surface area contributed by atoms with Gasteiger partial charge in [-0.15, -0.1) is 0 Å². The zero-order valence-corrected chi connectivity index (χ0v) is 11.3. The van der Waals surface area contributed by atoms with Crippen molar-refractivity contribution in [3.05, 3.63) is 16.4 Å². The average Bonchev–Trinajstić information content (AvgIpc) is 2.43. The first-order valence-corrected chi connectivity index (χ1v) is 6.37. The Kier molecular flexibility index (Phi) is 5.00. The van der Waals surface area contributed by atoms with Crippen LogP contribution in [0.1, 0.15) is 31.2 Å². The molecule has 1 aromatic heterocycles. The molecular weight excluding hydrogens is 228 g/mol. The standard InChI is InChI=1S/C11H19ClN2S/c1-8(5-7-15)4-6-14-10(3)11(12)9(2)13-14/h8,15H,4-7H2,1-3H3. The first-order chi connectivity index (χ1) is 7.06. The molecule has 0 radical (unpaired) electrons. The highest BCUT2D eigenvalue weighted by atomic mass is 35.5. The molecule has 1 heterocycles. The lowest BCUT2D eigenvalue weighted by Crippen LogP contribution is -2.07. The molecule has 0 bridgehead atoms. The quantitative estimate of drug-likeness (QED) is 0.788. The van der Waals surface area contributed by atoms with Gasteiger partial charge in [0, 0.05) is 6.54 Å². The van der Waals surface area contributed by atoms with Crippen LogP contribution in [0.3, 0.4) is 0 Å². The Labute approximate surface area is 102 Å². The fourth-order valence-corrected chi connectivity index (χ4v) is 2.18. The summed E-state index contributed by atoms with van der Waals surface area (Å²) in [6.45, 7) is 7.17. The summed E-state index contributed by atoms with van der Waals surface area (Å²) in [6, 6.07) is 0. The summed E-state index contributed by atoms with van der Waals surface area (Å²) in [7, 11) is 0. The minimum absolute atomic E-state index is 0.699. The minimum atomic E-state index is 0.699. The third-order valence-electron chi connectivity index (χ3n) is 2.75. The number of rotatable bonds is 5. The SMILES string of the molecule is Cc1nn(CCC(C)CCS)c(C)c1Cl. The highest BCUT2D eigenvalue weighted by Crippen LogP contribution is 2.20. The third kappa shape index (κ3) is 3.42. The summed E-state index contributed by atoms with van der Waals surface area (Å²) < 4.78 is 2.01. The van der Waals surface area contributed by atoms with Crippen LogP contribution < -0.4 is 0 Å². The molecular formula is C11H19ClN2S. The Balaban J connectivity index is 2.54. The van der Waals surface area contributed by atoms with Crippen molar-refractivity contribution < 1.29 is 0 Å². The second kappa shape index (κ2) is 5.80. The maximum absolute atomic E-state index is 6.08. The molecule has 1 rings (SSSR count). The van der Waals surface area contributed by atoms with Crippen LogP contribution in [0.15, 0.2) is 0 Å². The van der Waals surface area contributed by atoms with Crippen molar-refractivity contribution in [2.75, 3.05) is 5.75 Å². The Bertz CT molecular complexity index is 323. The molecule has 0 aliphatic heterocycles. The number of nitrogens with zero attached hydrogens (tertiary/aromatic N) is 2. The summed E-state index contributed by atoms with van der Waals surface area (Å²) in [5, 5.41) is 5.21. The molecule has 15 heavy (non-hydrogen) atoms. The van der Waals surface area contributed by atoms with Crippen molar-refractivity contribution in [2.45, 2.75) is 40.2 Å². The first-order valence-electron chi connectivity index (χ1n) is 5.36. The Morgan fingerprint density at radius 2 is 2.07 bits per heavy atom. The van der Waals surface area contributed by atoms with Crippen LogP contribution in [0.4, 0.5) is 0 Å². The predicted molar refractivity (Wildman–Crippen MR) is 69.0 cm³/mol. The van der Waals surface area contributed by atoms with E-state index in [2.05, 4.69) is 24.7 Å². The Morgan fingerprint density at radius 3 is 2.53 bits per heavy atom. The van der Waals surface area contributed by atoms with Crippen molar-refractivity contribution in [1.29, 1.82) is 0 Å². The van der Waals surface area contributed by atoms with Gasteiger partial charge in [-0.2, -0.15) is 17.7 Å². The van der Waals surface area contributed by atoms with E-state index in [1.165, 1.54) is 0 Å². The fourth-order valence-electron chi connectivity index (χ4n) is 1.60. The van der Waals surface area contributed by atoms with Crippen molar-refractivity contribution in [3.8, 4) is 0 Å². The molecule has 2 nitrogen and oxygen atoms in total. The van der Waals surface area contributed by atoms with E-state index in [4.69, 9.17) is 11.6 Å². The summed E-state index contributed by atoms with van der Waals surface area (Å²) in [5.41, 5.74) is 2.00. The molecule has 86 valence electrons. The molecule has 0 saturated carbocycles. The maximum atomic E-state index is 6.08. The Hall–Kier alpha value is -0.150. The molecule has 0 fully saturated rings. The summed E-state index contributed by atoms with van der Waals surface area (Å²) in [5.74, 6) is 1.66. The van der Waals surface area contributed by atoms with Crippen LogP contribution >= 0.6 is 24.2 Å². The van der Waals surface area contributed by atoms with E-state index in [0.29, 0.717) is 5.92 Å². The van der Waals surface area contributed by atoms with E-state index < -0.39 is 0 Å². The third-order valence-corrected chi connectivity index (χ3v) is 3.55. The molecule has 0 N–H and O–H groups in total. The lowest BCUT2D eigenvalue weighted by molar-refractivity contribution is 0.445. The smallest absolute Gasteiger partial charge is 0.0844 e. The zero-order chi connectivity index (χ0) is 11.4. The van der Waals surface area contributed by atoms with Gasteiger partial charge in [0.2, 0.25) is 0 Å². The summed E-state index contributed by atoms with van der Waals surface area (Å²) in [4.78, 5) is 0. The first kappa shape index (κ1) is 12.9. The average molecular weight is 247 g/mol. The molecule has 0 aromatic carbocycles. The van der Waals surface area contributed by atoms with Crippen molar-refractivity contribution in [2.24, 2.45) is 5.92 Å². The zero-order valence-electron chi connectivity index (χ0n) is 9.63. The largest absolute Gasteiger partial charge is 0.268 e. The van der Waals surface area contributed by atoms with Crippen molar-refractivity contribution in [3.63, 3.8) is 0 Å². The van der Waals surface area contributed by atoms with Crippen molar-refractivity contribution >= 4 is 24.2 Å². The van der Waals surface area contributed by atoms with Gasteiger partial charge >= 0.3 is 0 Å². The van der Waals surface area contributed by atoms with Gasteiger partial charge < -0.3 is 0 Å². The normalized spacial score (nSPS) is 13.1. The number of aromatic nitrogens is 2. The van der Waals surface area contributed by atoms with Crippen LogP contribution in [-0.4, -0.2) is 15.5 Å². The predicted octanol–water partition coefficient (Wildman–Crippen LogP) is 3.50. The number of thiol groups is 1. The molecule has 1 aromatic rings. The summed E-state index contributed by atoms with van der Waals surface area (Å²) in [6.07, 6.45) is 2.30. The number of halogens is 1. The van der Waals surface area contributed by atoms with E-state index in [9.17, 15) is 0 Å². The van der Waals surface area contributed by atoms with Gasteiger partial charge in [-0.3, -0.25) is 4.68 Å². The monoisotopic (exact) mass is 246 g/mol. The van der Waals surface area contributed by atoms with Crippen LogP contribution in [-0.2, 0) is 6.54 Å². The van der Waals surface area contributed by atoms with Crippen LogP contribution in [0.25, 0.3) is 0 Å². The van der Waals surface area contributed by atoms with Gasteiger partial charge in [0.05, 0.1) is 16.4 Å². The van der Waals surface area contributed by atoms with E-state index in [1.54, 1.807) is 0 Å². The molecule has 0 saturated heterocycles. The fraction of sp³-hybridized carbons (Fsp3) is 0.727. The van der Waals surface area contributed by atoms with Gasteiger partial charge in [-0.05, 0) is 38.4 Å². The topological polar surface area (TPSA) is 17.8 Å². The molecule has 0 amide bonds. The van der Waals surface area contributed by atoms with Gasteiger partial charge in [-0.25, -0.2) is 0 Å². The molecule has 0 spiro atoms. The van der Waals surface area contributed by atoms with Crippen LogP contribution in [0, 0.1) is 19.8 Å². The second-order valence-corrected chi connectivity index (χ2v) is 4.94. The number of hydrogen-bond donors (Lipinski definition) is 1. The molecule has 0 aliphatic rings. The van der Waals surface area contributed by atoms with Gasteiger partial charge in [0.1, 0.15) is 0 Å². The number of aryl methyl sites for hydroxylation is 2. The minimum Gasteiger partial charge on any atom is -0.268 e.